The van der Waals surface area contributed by atoms with Gasteiger partial charge in [-0.25, -0.2) is 0 Å². The van der Waals surface area contributed by atoms with Crippen LogP contribution in [0.2, 0.25) is 0 Å². The molecule has 1 aliphatic carbocycles. The number of fused-ring (bicyclic) bond motifs is 3. The number of carbonyl (C=O) groups excluding carboxylic acids is 2. The third-order valence-electron chi connectivity index (χ3n) is 7.64. The molecule has 0 saturated carbocycles. The summed E-state index contributed by atoms with van der Waals surface area (Å²) in [5.74, 6) is 0.310. The average Bonchev–Trinajstić information content (AvgIpc) is 3.35. The Bertz CT molecular complexity index is 1650. The van der Waals surface area contributed by atoms with Crippen LogP contribution in [0.3, 0.4) is 0 Å². The quantitative estimate of drug-likeness (QED) is 0.209. The highest BCUT2D eigenvalue weighted by Gasteiger charge is 2.33. The number of nitrogens with zero attached hydrogens (tertiary/aromatic N) is 1. The lowest BCUT2D eigenvalue weighted by Crippen LogP contribution is -2.26. The fourth-order valence-electron chi connectivity index (χ4n) is 5.72. The fourth-order valence-corrected chi connectivity index (χ4v) is 5.72. The van der Waals surface area contributed by atoms with Crippen LogP contribution in [0.25, 0.3) is 22.0 Å². The van der Waals surface area contributed by atoms with Gasteiger partial charge in [0, 0.05) is 22.2 Å². The number of rotatable bonds is 7. The molecule has 1 aliphatic rings. The molecule has 0 fully saturated rings. The van der Waals surface area contributed by atoms with Crippen LogP contribution in [-0.4, -0.2) is 23.1 Å². The van der Waals surface area contributed by atoms with Gasteiger partial charge in [-0.15, -0.1) is 0 Å². The third-order valence-corrected chi connectivity index (χ3v) is 7.64. The Labute approximate surface area is 234 Å². The summed E-state index contributed by atoms with van der Waals surface area (Å²) in [6.45, 7) is 2.83. The summed E-state index contributed by atoms with van der Waals surface area (Å²) in [5, 5.41) is 1.01. The first-order chi connectivity index (χ1) is 19.6. The molecule has 1 aromatic heterocycles. The van der Waals surface area contributed by atoms with Gasteiger partial charge >= 0.3 is 5.97 Å². The van der Waals surface area contributed by atoms with Gasteiger partial charge in [0.1, 0.15) is 12.4 Å². The van der Waals surface area contributed by atoms with E-state index in [9.17, 15) is 9.59 Å². The van der Waals surface area contributed by atoms with Crippen LogP contribution >= 0.6 is 0 Å². The highest BCUT2D eigenvalue weighted by Crippen LogP contribution is 2.40. The highest BCUT2D eigenvalue weighted by molar-refractivity contribution is 6.08. The lowest BCUT2D eigenvalue weighted by molar-refractivity contribution is -0.150. The van der Waals surface area contributed by atoms with Crippen molar-refractivity contribution in [3.05, 3.63) is 126 Å². The monoisotopic (exact) mass is 529 g/mol. The SMILES string of the molecule is CCOc1ccc(-c2cccc3c4c(n(C(=O)c5ccccc5)c23)CCC(C(=O)OCc2ccccc2)C4)cc1. The van der Waals surface area contributed by atoms with E-state index in [4.69, 9.17) is 9.47 Å². The zero-order valence-corrected chi connectivity index (χ0v) is 22.5. The molecule has 1 unspecified atom stereocenters. The van der Waals surface area contributed by atoms with Crippen molar-refractivity contribution in [2.75, 3.05) is 6.61 Å². The maximum absolute atomic E-state index is 14.0. The molecule has 0 aliphatic heterocycles. The standard InChI is InChI=1S/C35H31NO4/c1-2-39-28-19-16-25(17-20-28)29-14-9-15-30-31-22-27(35(38)40-23-24-10-5-3-6-11-24)18-21-32(31)36(33(29)30)34(37)26-12-7-4-8-13-26/h3-17,19-20,27H,2,18,21-23H2,1H3. The molecule has 1 atom stereocenters. The van der Waals surface area contributed by atoms with Crippen molar-refractivity contribution in [1.29, 1.82) is 0 Å². The molecule has 0 bridgehead atoms. The summed E-state index contributed by atoms with van der Waals surface area (Å²) >= 11 is 0. The molecule has 5 nitrogen and oxygen atoms in total. The molecule has 0 N–H and O–H groups in total. The minimum absolute atomic E-state index is 0.0599. The first-order valence-corrected chi connectivity index (χ1v) is 13.8. The van der Waals surface area contributed by atoms with E-state index in [1.807, 2.05) is 102 Å². The second-order valence-corrected chi connectivity index (χ2v) is 10.1. The molecule has 40 heavy (non-hydrogen) atoms. The summed E-state index contributed by atoms with van der Waals surface area (Å²) in [5.41, 5.74) is 6.50. The Hall–Kier alpha value is -4.64. The van der Waals surface area contributed by atoms with Crippen molar-refractivity contribution in [1.82, 2.24) is 4.57 Å². The Balaban J connectivity index is 1.41. The molecule has 0 saturated heterocycles. The first-order valence-electron chi connectivity index (χ1n) is 13.8. The molecule has 6 rings (SSSR count). The number of benzene rings is 4. The molecule has 4 aromatic carbocycles. The summed E-state index contributed by atoms with van der Waals surface area (Å²) in [6.07, 6.45) is 1.80. The summed E-state index contributed by atoms with van der Waals surface area (Å²) in [7, 11) is 0. The van der Waals surface area contributed by atoms with E-state index in [1.165, 1.54) is 0 Å². The van der Waals surface area contributed by atoms with E-state index in [0.29, 0.717) is 31.4 Å². The smallest absolute Gasteiger partial charge is 0.309 e. The van der Waals surface area contributed by atoms with Gasteiger partial charge in [0.15, 0.2) is 0 Å². The summed E-state index contributed by atoms with van der Waals surface area (Å²) in [6, 6.07) is 33.3. The number of aromatic nitrogens is 1. The van der Waals surface area contributed by atoms with E-state index in [1.54, 1.807) is 0 Å². The Morgan fingerprint density at radius 1 is 0.850 bits per heavy atom. The molecule has 5 heteroatoms. The topological polar surface area (TPSA) is 57.5 Å². The second kappa shape index (κ2) is 11.2. The molecular formula is C35H31NO4. The Kier molecular flexibility index (Phi) is 7.19. The molecule has 0 radical (unpaired) electrons. The Morgan fingerprint density at radius 2 is 1.57 bits per heavy atom. The number of hydrogen-bond acceptors (Lipinski definition) is 4. The van der Waals surface area contributed by atoms with Crippen molar-refractivity contribution in [2.24, 2.45) is 5.92 Å². The van der Waals surface area contributed by atoms with Gasteiger partial charge in [0.2, 0.25) is 0 Å². The van der Waals surface area contributed by atoms with Gasteiger partial charge in [-0.2, -0.15) is 0 Å². The van der Waals surface area contributed by atoms with Crippen LogP contribution < -0.4 is 4.74 Å². The van der Waals surface area contributed by atoms with Crippen molar-refractivity contribution in [3.8, 4) is 16.9 Å². The van der Waals surface area contributed by atoms with Crippen LogP contribution in [0.4, 0.5) is 0 Å². The molecular weight excluding hydrogens is 498 g/mol. The van der Waals surface area contributed by atoms with Gasteiger partial charge in [0.05, 0.1) is 18.0 Å². The molecule has 5 aromatic rings. The van der Waals surface area contributed by atoms with E-state index in [0.717, 1.165) is 44.6 Å². The molecule has 1 heterocycles. The van der Waals surface area contributed by atoms with Crippen molar-refractivity contribution in [2.45, 2.75) is 32.8 Å². The normalized spacial score (nSPS) is 14.5. The van der Waals surface area contributed by atoms with Crippen molar-refractivity contribution < 1.29 is 19.1 Å². The van der Waals surface area contributed by atoms with E-state index >= 15 is 0 Å². The number of carbonyl (C=O) groups is 2. The van der Waals surface area contributed by atoms with Crippen molar-refractivity contribution >= 4 is 22.8 Å². The van der Waals surface area contributed by atoms with Crippen LogP contribution in [0.5, 0.6) is 5.75 Å². The van der Waals surface area contributed by atoms with Crippen LogP contribution in [0.1, 0.15) is 40.5 Å². The highest BCUT2D eigenvalue weighted by atomic mass is 16.5. The van der Waals surface area contributed by atoms with Gasteiger partial charge < -0.3 is 9.47 Å². The lowest BCUT2D eigenvalue weighted by Gasteiger charge is -2.22. The van der Waals surface area contributed by atoms with Gasteiger partial charge in [-0.3, -0.25) is 14.2 Å². The van der Waals surface area contributed by atoms with E-state index < -0.39 is 0 Å². The number of para-hydroxylation sites is 1. The number of esters is 1. The molecule has 0 spiro atoms. The second-order valence-electron chi connectivity index (χ2n) is 10.1. The third kappa shape index (κ3) is 4.91. The number of ether oxygens (including phenoxy) is 2. The van der Waals surface area contributed by atoms with Gasteiger partial charge in [0.25, 0.3) is 5.91 Å². The van der Waals surface area contributed by atoms with Gasteiger partial charge in [-0.05, 0) is 67.1 Å². The minimum atomic E-state index is -0.253. The largest absolute Gasteiger partial charge is 0.494 e. The van der Waals surface area contributed by atoms with E-state index in [2.05, 4.69) is 12.1 Å². The molecule has 0 amide bonds. The van der Waals surface area contributed by atoms with Crippen LogP contribution in [0.15, 0.2) is 103 Å². The van der Waals surface area contributed by atoms with Crippen molar-refractivity contribution in [3.63, 3.8) is 0 Å². The predicted molar refractivity (Wildman–Crippen MR) is 156 cm³/mol. The Morgan fingerprint density at radius 3 is 2.30 bits per heavy atom. The fraction of sp³-hybridized carbons (Fsp3) is 0.200. The predicted octanol–water partition coefficient (Wildman–Crippen LogP) is 7.24. The summed E-state index contributed by atoms with van der Waals surface area (Å²) in [4.78, 5) is 27.2. The van der Waals surface area contributed by atoms with Crippen LogP contribution in [0, 0.1) is 5.92 Å². The maximum atomic E-state index is 14.0. The number of hydrogen-bond donors (Lipinski definition) is 0. The zero-order chi connectivity index (χ0) is 27.5. The zero-order valence-electron chi connectivity index (χ0n) is 22.5. The summed E-state index contributed by atoms with van der Waals surface area (Å²) < 4.78 is 13.3. The van der Waals surface area contributed by atoms with E-state index in [-0.39, 0.29) is 24.4 Å². The first kappa shape index (κ1) is 25.6. The average molecular weight is 530 g/mol. The lowest BCUT2D eigenvalue weighted by atomic mass is 9.86. The molecule has 200 valence electrons. The maximum Gasteiger partial charge on any atom is 0.309 e. The van der Waals surface area contributed by atoms with Gasteiger partial charge in [-0.1, -0.05) is 78.9 Å². The van der Waals surface area contributed by atoms with Crippen LogP contribution in [-0.2, 0) is 29.0 Å². The minimum Gasteiger partial charge on any atom is -0.494 e.